The summed E-state index contributed by atoms with van der Waals surface area (Å²) in [6.07, 6.45) is 0. The standard InChI is InChI=1S/C20H17N3O3S/c24-20(14-21-15-7-6-8-16(13-15)23(25)26)22-18-11-4-5-12-19(18)27-17-9-2-1-3-10-17/h1-13,21H,14H2,(H,22,24). The fraction of sp³-hybridized carbons (Fsp3) is 0.0500. The predicted molar refractivity (Wildman–Crippen MR) is 107 cm³/mol. The minimum Gasteiger partial charge on any atom is -0.376 e. The molecule has 0 bridgehead atoms. The van der Waals surface area contributed by atoms with Gasteiger partial charge in [-0.05, 0) is 30.3 Å². The van der Waals surface area contributed by atoms with Crippen molar-refractivity contribution in [1.29, 1.82) is 0 Å². The Kier molecular flexibility index (Phi) is 6.06. The van der Waals surface area contributed by atoms with E-state index in [2.05, 4.69) is 10.6 Å². The fourth-order valence-electron chi connectivity index (χ4n) is 2.38. The number of carbonyl (C=O) groups is 1. The lowest BCUT2D eigenvalue weighted by atomic mass is 10.3. The van der Waals surface area contributed by atoms with Crippen LogP contribution >= 0.6 is 11.8 Å². The Morgan fingerprint density at radius 2 is 1.70 bits per heavy atom. The van der Waals surface area contributed by atoms with Gasteiger partial charge in [-0.15, -0.1) is 0 Å². The summed E-state index contributed by atoms with van der Waals surface area (Å²) in [5.74, 6) is -0.234. The molecule has 0 aliphatic heterocycles. The molecule has 0 aromatic heterocycles. The summed E-state index contributed by atoms with van der Waals surface area (Å²) in [5, 5.41) is 16.6. The molecule has 6 nitrogen and oxygen atoms in total. The van der Waals surface area contributed by atoms with Crippen molar-refractivity contribution in [3.05, 3.63) is 89.0 Å². The largest absolute Gasteiger partial charge is 0.376 e. The van der Waals surface area contributed by atoms with Crippen LogP contribution < -0.4 is 10.6 Å². The highest BCUT2D eigenvalue weighted by Crippen LogP contribution is 2.33. The molecular formula is C20H17N3O3S. The highest BCUT2D eigenvalue weighted by molar-refractivity contribution is 7.99. The smallest absolute Gasteiger partial charge is 0.271 e. The Labute approximate surface area is 160 Å². The number of rotatable bonds is 7. The summed E-state index contributed by atoms with van der Waals surface area (Å²) in [7, 11) is 0. The van der Waals surface area contributed by atoms with Gasteiger partial charge < -0.3 is 10.6 Å². The van der Waals surface area contributed by atoms with Crippen molar-refractivity contribution in [3.63, 3.8) is 0 Å². The molecule has 0 atom stereocenters. The second kappa shape index (κ2) is 8.86. The Morgan fingerprint density at radius 1 is 0.963 bits per heavy atom. The number of nitrogens with zero attached hydrogens (tertiary/aromatic N) is 1. The third-order valence-electron chi connectivity index (χ3n) is 3.64. The van der Waals surface area contributed by atoms with E-state index in [1.807, 2.05) is 54.6 Å². The van der Waals surface area contributed by atoms with E-state index in [0.717, 1.165) is 15.5 Å². The number of nitrogens with one attached hydrogen (secondary N) is 2. The summed E-state index contributed by atoms with van der Waals surface area (Å²) >= 11 is 1.57. The highest BCUT2D eigenvalue weighted by Gasteiger charge is 2.09. The first-order valence-corrected chi connectivity index (χ1v) is 9.03. The van der Waals surface area contributed by atoms with Crippen LogP contribution in [0.15, 0.2) is 88.7 Å². The van der Waals surface area contributed by atoms with E-state index in [-0.39, 0.29) is 18.1 Å². The van der Waals surface area contributed by atoms with Crippen LogP contribution in [0.4, 0.5) is 17.1 Å². The average Bonchev–Trinajstić information content (AvgIpc) is 2.69. The van der Waals surface area contributed by atoms with Gasteiger partial charge in [-0.2, -0.15) is 0 Å². The lowest BCUT2D eigenvalue weighted by molar-refractivity contribution is -0.384. The van der Waals surface area contributed by atoms with E-state index in [1.54, 1.807) is 23.9 Å². The van der Waals surface area contributed by atoms with Gasteiger partial charge in [0.15, 0.2) is 0 Å². The maximum Gasteiger partial charge on any atom is 0.271 e. The monoisotopic (exact) mass is 379 g/mol. The first-order valence-electron chi connectivity index (χ1n) is 8.22. The van der Waals surface area contributed by atoms with Gasteiger partial charge in [0, 0.05) is 27.6 Å². The summed E-state index contributed by atoms with van der Waals surface area (Å²) < 4.78 is 0. The number of nitro benzene ring substituents is 1. The van der Waals surface area contributed by atoms with E-state index >= 15 is 0 Å². The first kappa shape index (κ1) is 18.5. The Balaban J connectivity index is 1.63. The maximum atomic E-state index is 12.3. The van der Waals surface area contributed by atoms with E-state index in [0.29, 0.717) is 5.69 Å². The number of hydrogen-bond donors (Lipinski definition) is 2. The van der Waals surface area contributed by atoms with Crippen LogP contribution in [0.2, 0.25) is 0 Å². The molecular weight excluding hydrogens is 362 g/mol. The first-order chi connectivity index (χ1) is 13.1. The molecule has 2 N–H and O–H groups in total. The second-order valence-electron chi connectivity index (χ2n) is 5.62. The number of benzene rings is 3. The SMILES string of the molecule is O=C(CNc1cccc([N+](=O)[O-])c1)Nc1ccccc1Sc1ccccc1. The molecule has 0 spiro atoms. The Bertz CT molecular complexity index is 948. The van der Waals surface area contributed by atoms with Crippen LogP contribution in [-0.2, 0) is 4.79 Å². The van der Waals surface area contributed by atoms with Crippen molar-refractivity contribution < 1.29 is 9.72 Å². The van der Waals surface area contributed by atoms with Crippen LogP contribution in [0.3, 0.4) is 0 Å². The van der Waals surface area contributed by atoms with Crippen LogP contribution in [-0.4, -0.2) is 17.4 Å². The average molecular weight is 379 g/mol. The molecule has 27 heavy (non-hydrogen) atoms. The molecule has 0 aliphatic carbocycles. The molecule has 0 saturated carbocycles. The number of anilines is 2. The minimum atomic E-state index is -0.470. The topological polar surface area (TPSA) is 84.3 Å². The summed E-state index contributed by atoms with van der Waals surface area (Å²) in [6, 6.07) is 23.5. The molecule has 1 amide bonds. The van der Waals surface area contributed by atoms with Gasteiger partial charge in [0.05, 0.1) is 17.2 Å². The van der Waals surface area contributed by atoms with Gasteiger partial charge in [-0.3, -0.25) is 14.9 Å². The number of nitro groups is 1. The molecule has 3 aromatic carbocycles. The fourth-order valence-corrected chi connectivity index (χ4v) is 3.30. The molecule has 0 radical (unpaired) electrons. The molecule has 7 heteroatoms. The summed E-state index contributed by atoms with van der Waals surface area (Å²) in [6.45, 7) is 0.00546. The van der Waals surface area contributed by atoms with Crippen LogP contribution in [0.5, 0.6) is 0 Å². The number of hydrogen-bond acceptors (Lipinski definition) is 5. The third kappa shape index (κ3) is 5.32. The van der Waals surface area contributed by atoms with E-state index in [4.69, 9.17) is 0 Å². The van der Waals surface area contributed by atoms with Gasteiger partial charge >= 0.3 is 0 Å². The molecule has 0 saturated heterocycles. The number of para-hydroxylation sites is 1. The zero-order chi connectivity index (χ0) is 19.1. The lowest BCUT2D eigenvalue weighted by Crippen LogP contribution is -2.22. The molecule has 3 aromatic rings. The normalized spacial score (nSPS) is 10.2. The number of non-ortho nitro benzene ring substituents is 1. The lowest BCUT2D eigenvalue weighted by Gasteiger charge is -2.11. The Morgan fingerprint density at radius 3 is 2.48 bits per heavy atom. The van der Waals surface area contributed by atoms with E-state index < -0.39 is 4.92 Å². The van der Waals surface area contributed by atoms with Crippen molar-refractivity contribution in [2.75, 3.05) is 17.2 Å². The van der Waals surface area contributed by atoms with Crippen LogP contribution in [0.1, 0.15) is 0 Å². The van der Waals surface area contributed by atoms with Crippen LogP contribution in [0, 0.1) is 10.1 Å². The molecule has 136 valence electrons. The van der Waals surface area contributed by atoms with Gasteiger partial charge in [0.25, 0.3) is 5.69 Å². The van der Waals surface area contributed by atoms with Crippen molar-refractivity contribution in [2.24, 2.45) is 0 Å². The van der Waals surface area contributed by atoms with E-state index in [9.17, 15) is 14.9 Å². The molecule has 0 heterocycles. The summed E-state index contributed by atoms with van der Waals surface area (Å²) in [4.78, 5) is 24.7. The van der Waals surface area contributed by atoms with E-state index in [1.165, 1.54) is 12.1 Å². The van der Waals surface area contributed by atoms with Crippen molar-refractivity contribution in [2.45, 2.75) is 9.79 Å². The number of amides is 1. The van der Waals surface area contributed by atoms with Gasteiger partial charge in [-0.1, -0.05) is 48.2 Å². The maximum absolute atomic E-state index is 12.3. The predicted octanol–water partition coefficient (Wildman–Crippen LogP) is 4.80. The highest BCUT2D eigenvalue weighted by atomic mass is 32.2. The molecule has 3 rings (SSSR count). The third-order valence-corrected chi connectivity index (χ3v) is 4.73. The quantitative estimate of drug-likeness (QED) is 0.455. The second-order valence-corrected chi connectivity index (χ2v) is 6.74. The Hall–Kier alpha value is -3.32. The van der Waals surface area contributed by atoms with Gasteiger partial charge in [0.2, 0.25) is 5.91 Å². The zero-order valence-corrected chi connectivity index (χ0v) is 15.1. The minimum absolute atomic E-state index is 0.00546. The van der Waals surface area contributed by atoms with Gasteiger partial charge in [-0.25, -0.2) is 0 Å². The molecule has 0 fully saturated rings. The summed E-state index contributed by atoms with van der Waals surface area (Å²) in [5.41, 5.74) is 1.22. The van der Waals surface area contributed by atoms with Crippen molar-refractivity contribution >= 4 is 34.7 Å². The van der Waals surface area contributed by atoms with Crippen molar-refractivity contribution in [1.82, 2.24) is 0 Å². The van der Waals surface area contributed by atoms with Gasteiger partial charge in [0.1, 0.15) is 0 Å². The zero-order valence-electron chi connectivity index (χ0n) is 14.3. The molecule has 0 unspecified atom stereocenters. The molecule has 0 aliphatic rings. The number of carbonyl (C=O) groups excluding carboxylic acids is 1. The van der Waals surface area contributed by atoms with Crippen LogP contribution in [0.25, 0.3) is 0 Å². The van der Waals surface area contributed by atoms with Crippen molar-refractivity contribution in [3.8, 4) is 0 Å².